The number of rotatable bonds is 5. The van der Waals surface area contributed by atoms with Crippen LogP contribution in [0.25, 0.3) is 5.69 Å². The van der Waals surface area contributed by atoms with E-state index in [1.165, 1.54) is 6.33 Å². The van der Waals surface area contributed by atoms with Gasteiger partial charge in [0.1, 0.15) is 12.7 Å². The third-order valence-electron chi connectivity index (χ3n) is 4.62. The minimum absolute atomic E-state index is 0.128. The van der Waals surface area contributed by atoms with E-state index in [-0.39, 0.29) is 18.9 Å². The van der Waals surface area contributed by atoms with Crippen molar-refractivity contribution >= 4 is 6.03 Å². The summed E-state index contributed by atoms with van der Waals surface area (Å²) in [6, 6.07) is 13.3. The zero-order valence-electron chi connectivity index (χ0n) is 15.7. The summed E-state index contributed by atoms with van der Waals surface area (Å²) in [5, 5.41) is 7.13. The quantitative estimate of drug-likeness (QED) is 0.737. The zero-order chi connectivity index (χ0) is 19.5. The van der Waals surface area contributed by atoms with Gasteiger partial charge in [0.2, 0.25) is 6.79 Å². The van der Waals surface area contributed by atoms with Crippen molar-refractivity contribution in [3.05, 3.63) is 66.2 Å². The molecule has 0 saturated carbocycles. The number of carbonyl (C=O) groups excluding carboxylic acids is 1. The molecule has 28 heavy (non-hydrogen) atoms. The van der Waals surface area contributed by atoms with Crippen molar-refractivity contribution < 1.29 is 14.3 Å². The molecule has 3 aromatic rings. The molecule has 1 aliphatic rings. The van der Waals surface area contributed by atoms with E-state index in [0.717, 1.165) is 22.6 Å². The van der Waals surface area contributed by atoms with Crippen LogP contribution in [0, 0.1) is 0 Å². The highest BCUT2D eigenvalue weighted by molar-refractivity contribution is 5.74. The molecule has 0 spiro atoms. The normalized spacial score (nSPS) is 13.2. The average molecular weight is 379 g/mol. The highest BCUT2D eigenvalue weighted by atomic mass is 16.7. The second-order valence-electron chi connectivity index (χ2n) is 6.65. The Morgan fingerprint density at radius 1 is 1.21 bits per heavy atom. The van der Waals surface area contributed by atoms with Crippen molar-refractivity contribution in [2.45, 2.75) is 19.5 Å². The topological polar surface area (TPSA) is 81.5 Å². The van der Waals surface area contributed by atoms with Crippen LogP contribution in [0.3, 0.4) is 0 Å². The fourth-order valence-corrected chi connectivity index (χ4v) is 3.02. The van der Waals surface area contributed by atoms with Crippen LogP contribution in [-0.2, 0) is 6.54 Å². The van der Waals surface area contributed by atoms with Crippen molar-refractivity contribution in [1.82, 2.24) is 25.0 Å². The first-order chi connectivity index (χ1) is 13.6. The summed E-state index contributed by atoms with van der Waals surface area (Å²) < 4.78 is 12.4. The zero-order valence-corrected chi connectivity index (χ0v) is 15.7. The molecule has 0 bridgehead atoms. The van der Waals surface area contributed by atoms with Gasteiger partial charge in [0, 0.05) is 13.6 Å². The van der Waals surface area contributed by atoms with Crippen molar-refractivity contribution in [3.8, 4) is 17.2 Å². The highest BCUT2D eigenvalue weighted by Crippen LogP contribution is 2.32. The molecule has 1 aliphatic heterocycles. The second kappa shape index (κ2) is 7.59. The molecule has 0 aliphatic carbocycles. The summed E-state index contributed by atoms with van der Waals surface area (Å²) in [5.41, 5.74) is 2.90. The monoisotopic (exact) mass is 379 g/mol. The van der Waals surface area contributed by atoms with E-state index in [4.69, 9.17) is 9.47 Å². The summed E-state index contributed by atoms with van der Waals surface area (Å²) in [4.78, 5) is 18.1. The maximum absolute atomic E-state index is 12.6. The summed E-state index contributed by atoms with van der Waals surface area (Å²) >= 11 is 0. The van der Waals surface area contributed by atoms with Crippen LogP contribution >= 0.6 is 0 Å². The number of ether oxygens (including phenoxy) is 2. The predicted octanol–water partition coefficient (Wildman–Crippen LogP) is 2.90. The first-order valence-electron chi connectivity index (χ1n) is 8.95. The summed E-state index contributed by atoms with van der Waals surface area (Å²) in [6.45, 7) is 2.67. The van der Waals surface area contributed by atoms with E-state index in [1.54, 1.807) is 23.0 Å². The molecule has 1 unspecified atom stereocenters. The molecule has 4 rings (SSSR count). The maximum Gasteiger partial charge on any atom is 0.317 e. The van der Waals surface area contributed by atoms with Gasteiger partial charge < -0.3 is 19.7 Å². The van der Waals surface area contributed by atoms with Gasteiger partial charge in [0.25, 0.3) is 0 Å². The third-order valence-corrected chi connectivity index (χ3v) is 4.62. The lowest BCUT2D eigenvalue weighted by Crippen LogP contribution is -2.38. The van der Waals surface area contributed by atoms with Gasteiger partial charge in [0.15, 0.2) is 11.5 Å². The molecular weight excluding hydrogens is 358 g/mol. The molecule has 8 heteroatoms. The minimum atomic E-state index is -0.148. The van der Waals surface area contributed by atoms with E-state index in [1.807, 2.05) is 49.4 Å². The average Bonchev–Trinajstić information content (AvgIpc) is 3.39. The number of fused-ring (bicyclic) bond motifs is 1. The Morgan fingerprint density at radius 3 is 2.75 bits per heavy atom. The standard InChI is InChI=1S/C20H21N5O3/c1-14(16-4-6-17(7-5-16)25-12-21-11-22-25)23-20(26)24(2)10-15-3-8-18-19(9-15)28-13-27-18/h3-9,11-12,14H,10,13H2,1-2H3,(H,23,26). The summed E-state index contributed by atoms with van der Waals surface area (Å²) in [7, 11) is 1.76. The van der Waals surface area contributed by atoms with Gasteiger partial charge in [-0.2, -0.15) is 5.10 Å². The molecule has 0 saturated heterocycles. The van der Waals surface area contributed by atoms with Gasteiger partial charge in [-0.05, 0) is 42.3 Å². The van der Waals surface area contributed by atoms with Gasteiger partial charge in [-0.1, -0.05) is 18.2 Å². The number of nitrogens with one attached hydrogen (secondary N) is 1. The Labute approximate surface area is 162 Å². The molecule has 0 radical (unpaired) electrons. The van der Waals surface area contributed by atoms with Crippen LogP contribution in [-0.4, -0.2) is 39.5 Å². The van der Waals surface area contributed by atoms with Crippen LogP contribution in [0.2, 0.25) is 0 Å². The van der Waals surface area contributed by atoms with E-state index < -0.39 is 0 Å². The van der Waals surface area contributed by atoms with Crippen LogP contribution in [0.15, 0.2) is 55.1 Å². The number of nitrogens with zero attached hydrogens (tertiary/aromatic N) is 4. The predicted molar refractivity (Wildman–Crippen MR) is 102 cm³/mol. The second-order valence-corrected chi connectivity index (χ2v) is 6.65. The molecule has 2 heterocycles. The number of hydrogen-bond donors (Lipinski definition) is 1. The van der Waals surface area contributed by atoms with Gasteiger partial charge in [0.05, 0.1) is 11.7 Å². The minimum Gasteiger partial charge on any atom is -0.454 e. The Bertz CT molecular complexity index is 956. The number of hydrogen-bond acceptors (Lipinski definition) is 5. The molecule has 0 fully saturated rings. The molecule has 1 atom stereocenters. The number of benzene rings is 2. The molecule has 2 aromatic carbocycles. The number of urea groups is 1. The lowest BCUT2D eigenvalue weighted by Gasteiger charge is -2.22. The number of aromatic nitrogens is 3. The first-order valence-corrected chi connectivity index (χ1v) is 8.95. The lowest BCUT2D eigenvalue weighted by molar-refractivity contribution is 0.174. The lowest BCUT2D eigenvalue weighted by atomic mass is 10.1. The van der Waals surface area contributed by atoms with E-state index >= 15 is 0 Å². The first kappa shape index (κ1) is 17.8. The fraction of sp³-hybridized carbons (Fsp3) is 0.250. The van der Waals surface area contributed by atoms with E-state index in [2.05, 4.69) is 15.4 Å². The third kappa shape index (κ3) is 3.75. The highest BCUT2D eigenvalue weighted by Gasteiger charge is 2.17. The van der Waals surface area contributed by atoms with Crippen LogP contribution < -0.4 is 14.8 Å². The molecule has 8 nitrogen and oxygen atoms in total. The largest absolute Gasteiger partial charge is 0.454 e. The Hall–Kier alpha value is -3.55. The van der Waals surface area contributed by atoms with Gasteiger partial charge in [-0.3, -0.25) is 0 Å². The van der Waals surface area contributed by atoms with Crippen molar-refractivity contribution in [1.29, 1.82) is 0 Å². The smallest absolute Gasteiger partial charge is 0.317 e. The SMILES string of the molecule is CC(NC(=O)N(C)Cc1ccc2c(c1)OCO2)c1ccc(-n2cncn2)cc1. The van der Waals surface area contributed by atoms with Gasteiger partial charge in [-0.25, -0.2) is 14.5 Å². The Kier molecular flexibility index (Phi) is 4.84. The van der Waals surface area contributed by atoms with Crippen molar-refractivity contribution in [2.75, 3.05) is 13.8 Å². The Morgan fingerprint density at radius 2 is 2.00 bits per heavy atom. The van der Waals surface area contributed by atoms with Crippen molar-refractivity contribution in [3.63, 3.8) is 0 Å². The summed E-state index contributed by atoms with van der Waals surface area (Å²) in [5.74, 6) is 1.45. The number of carbonyl (C=O) groups is 1. The van der Waals surface area contributed by atoms with Crippen LogP contribution in [0.1, 0.15) is 24.1 Å². The molecule has 1 aromatic heterocycles. The van der Waals surface area contributed by atoms with Gasteiger partial charge in [-0.15, -0.1) is 0 Å². The van der Waals surface area contributed by atoms with E-state index in [9.17, 15) is 4.79 Å². The molecule has 144 valence electrons. The number of amides is 2. The van der Waals surface area contributed by atoms with Crippen LogP contribution in [0.4, 0.5) is 4.79 Å². The molecule has 1 N–H and O–H groups in total. The molecular formula is C20H21N5O3. The van der Waals surface area contributed by atoms with Gasteiger partial charge >= 0.3 is 6.03 Å². The summed E-state index contributed by atoms with van der Waals surface area (Å²) in [6.07, 6.45) is 3.14. The van der Waals surface area contributed by atoms with E-state index in [0.29, 0.717) is 12.3 Å². The van der Waals surface area contributed by atoms with Crippen molar-refractivity contribution in [2.24, 2.45) is 0 Å². The molecule has 2 amide bonds. The van der Waals surface area contributed by atoms with Crippen LogP contribution in [0.5, 0.6) is 11.5 Å². The Balaban J connectivity index is 1.35. The maximum atomic E-state index is 12.6. The fourth-order valence-electron chi connectivity index (χ4n) is 3.02.